The van der Waals surface area contributed by atoms with Crippen LogP contribution in [0.5, 0.6) is 5.75 Å². The van der Waals surface area contributed by atoms with Crippen molar-refractivity contribution in [1.29, 1.82) is 0 Å². The second-order valence-corrected chi connectivity index (χ2v) is 7.56. The van der Waals surface area contributed by atoms with Gasteiger partial charge in [-0.3, -0.25) is 4.79 Å². The second kappa shape index (κ2) is 8.66. The predicted molar refractivity (Wildman–Crippen MR) is 125 cm³/mol. The van der Waals surface area contributed by atoms with Crippen molar-refractivity contribution < 1.29 is 14.6 Å². The molecular weight excluding hydrogens is 388 g/mol. The van der Waals surface area contributed by atoms with Crippen molar-refractivity contribution in [2.24, 2.45) is 0 Å². The standard InChI is InChI=1S/C26H26N2O3/c1-17(29)28-16-21-14-19(23-6-4-5-7-24(23)26(30)27-2)10-8-18(21)9-11-20-15-22(31-3)12-13-25(20)28/h4-15,17,29H,16H2,1-3H3,(H,27,30)/b11-9-. The smallest absolute Gasteiger partial charge is 0.251 e. The van der Waals surface area contributed by atoms with Crippen LogP contribution < -0.4 is 15.0 Å². The Morgan fingerprint density at radius 1 is 1.06 bits per heavy atom. The monoisotopic (exact) mass is 414 g/mol. The Morgan fingerprint density at radius 2 is 1.84 bits per heavy atom. The van der Waals surface area contributed by atoms with E-state index in [0.29, 0.717) is 12.1 Å². The van der Waals surface area contributed by atoms with Crippen LogP contribution in [0.4, 0.5) is 5.69 Å². The summed E-state index contributed by atoms with van der Waals surface area (Å²) < 4.78 is 5.37. The van der Waals surface area contributed by atoms with Crippen LogP contribution in [-0.2, 0) is 6.54 Å². The van der Waals surface area contributed by atoms with Crippen LogP contribution in [0.3, 0.4) is 0 Å². The molecule has 5 nitrogen and oxygen atoms in total. The van der Waals surface area contributed by atoms with Gasteiger partial charge in [0.05, 0.1) is 7.11 Å². The van der Waals surface area contributed by atoms with Gasteiger partial charge in [-0.1, -0.05) is 42.5 Å². The van der Waals surface area contributed by atoms with E-state index in [1.54, 1.807) is 21.1 Å². The summed E-state index contributed by atoms with van der Waals surface area (Å²) >= 11 is 0. The molecule has 1 atom stereocenters. The van der Waals surface area contributed by atoms with Crippen molar-refractivity contribution in [2.75, 3.05) is 19.1 Å². The molecule has 0 saturated heterocycles. The average molecular weight is 415 g/mol. The molecule has 4 rings (SSSR count). The van der Waals surface area contributed by atoms with Crippen LogP contribution in [0.25, 0.3) is 23.3 Å². The van der Waals surface area contributed by atoms with Crippen LogP contribution in [-0.4, -0.2) is 31.4 Å². The number of methoxy groups -OCH3 is 1. The van der Waals surface area contributed by atoms with E-state index >= 15 is 0 Å². The normalized spacial score (nSPS) is 14.5. The Hall–Kier alpha value is -3.57. The van der Waals surface area contributed by atoms with E-state index < -0.39 is 6.23 Å². The number of anilines is 1. The fraction of sp³-hybridized carbons (Fsp3) is 0.192. The van der Waals surface area contributed by atoms with E-state index in [1.807, 2.05) is 59.5 Å². The maximum atomic E-state index is 12.4. The van der Waals surface area contributed by atoms with E-state index in [2.05, 4.69) is 23.5 Å². The number of carbonyl (C=O) groups is 1. The molecule has 0 radical (unpaired) electrons. The zero-order chi connectivity index (χ0) is 22.0. The molecule has 1 aliphatic heterocycles. The minimum absolute atomic E-state index is 0.115. The van der Waals surface area contributed by atoms with Gasteiger partial charge >= 0.3 is 0 Å². The first-order valence-corrected chi connectivity index (χ1v) is 10.3. The van der Waals surface area contributed by atoms with Crippen molar-refractivity contribution in [1.82, 2.24) is 5.32 Å². The van der Waals surface area contributed by atoms with Crippen molar-refractivity contribution >= 4 is 23.7 Å². The zero-order valence-electron chi connectivity index (χ0n) is 17.9. The van der Waals surface area contributed by atoms with Crippen LogP contribution in [0, 0.1) is 0 Å². The number of aliphatic hydroxyl groups is 1. The van der Waals surface area contributed by atoms with Crippen molar-refractivity contribution in [3.8, 4) is 16.9 Å². The van der Waals surface area contributed by atoms with Gasteiger partial charge in [0, 0.05) is 30.4 Å². The predicted octanol–water partition coefficient (Wildman–Crippen LogP) is 4.55. The first-order valence-electron chi connectivity index (χ1n) is 10.3. The van der Waals surface area contributed by atoms with Gasteiger partial charge in [-0.2, -0.15) is 0 Å². The third-order valence-electron chi connectivity index (χ3n) is 5.63. The number of carbonyl (C=O) groups excluding carboxylic acids is 1. The first kappa shape index (κ1) is 20.7. The van der Waals surface area contributed by atoms with E-state index in [4.69, 9.17) is 4.74 Å². The Morgan fingerprint density at radius 3 is 2.58 bits per heavy atom. The summed E-state index contributed by atoms with van der Waals surface area (Å²) in [6.07, 6.45) is 3.46. The fourth-order valence-corrected chi connectivity index (χ4v) is 3.98. The van der Waals surface area contributed by atoms with Gasteiger partial charge in [-0.15, -0.1) is 0 Å². The van der Waals surface area contributed by atoms with Gasteiger partial charge in [0.15, 0.2) is 0 Å². The summed E-state index contributed by atoms with van der Waals surface area (Å²) in [6.45, 7) is 2.30. The molecule has 0 aromatic heterocycles. The first-order chi connectivity index (χ1) is 15.0. The minimum Gasteiger partial charge on any atom is -0.497 e. The second-order valence-electron chi connectivity index (χ2n) is 7.56. The maximum Gasteiger partial charge on any atom is 0.251 e. The molecule has 158 valence electrons. The number of hydrogen-bond acceptors (Lipinski definition) is 4. The Balaban J connectivity index is 1.82. The molecule has 2 N–H and O–H groups in total. The van der Waals surface area contributed by atoms with Gasteiger partial charge in [0.1, 0.15) is 12.0 Å². The largest absolute Gasteiger partial charge is 0.497 e. The van der Waals surface area contributed by atoms with Gasteiger partial charge in [0.2, 0.25) is 0 Å². The molecule has 31 heavy (non-hydrogen) atoms. The molecule has 1 heterocycles. The van der Waals surface area contributed by atoms with Crippen LogP contribution in [0.1, 0.15) is 34.0 Å². The Bertz CT molecular complexity index is 1150. The highest BCUT2D eigenvalue weighted by molar-refractivity contribution is 6.00. The van der Waals surface area contributed by atoms with Crippen LogP contribution in [0.15, 0.2) is 60.7 Å². The molecule has 0 aliphatic carbocycles. The molecule has 3 aromatic carbocycles. The lowest BCUT2D eigenvalue weighted by molar-refractivity contribution is 0.0963. The van der Waals surface area contributed by atoms with Crippen LogP contribution >= 0.6 is 0 Å². The number of nitrogens with zero attached hydrogens (tertiary/aromatic N) is 1. The number of ether oxygens (including phenoxy) is 1. The lowest BCUT2D eigenvalue weighted by Crippen LogP contribution is -2.33. The van der Waals surface area contributed by atoms with Crippen molar-refractivity contribution in [3.63, 3.8) is 0 Å². The average Bonchev–Trinajstić information content (AvgIpc) is 2.79. The lowest BCUT2D eigenvalue weighted by atomic mass is 9.93. The SMILES string of the molecule is CNC(=O)c1ccccc1-c1ccc2c(c1)CN(C(C)O)c1ccc(OC)cc1/C=C\2. The molecular formula is C26H26N2O3. The molecule has 0 bridgehead atoms. The number of benzene rings is 3. The number of hydrogen-bond donors (Lipinski definition) is 2. The highest BCUT2D eigenvalue weighted by Gasteiger charge is 2.20. The Labute approximate surface area is 182 Å². The quantitative estimate of drug-likeness (QED) is 0.658. The van der Waals surface area contributed by atoms with Crippen molar-refractivity contribution in [3.05, 3.63) is 82.9 Å². The molecule has 0 saturated carbocycles. The number of fused-ring (bicyclic) bond motifs is 2. The minimum atomic E-state index is -0.673. The molecule has 1 unspecified atom stereocenters. The molecule has 1 amide bonds. The number of rotatable bonds is 4. The zero-order valence-corrected chi connectivity index (χ0v) is 17.9. The molecule has 5 heteroatoms. The fourth-order valence-electron chi connectivity index (χ4n) is 3.98. The van der Waals surface area contributed by atoms with Gasteiger partial charge in [0.25, 0.3) is 5.91 Å². The van der Waals surface area contributed by atoms with E-state index in [-0.39, 0.29) is 5.91 Å². The third kappa shape index (κ3) is 4.05. The molecule has 0 spiro atoms. The summed E-state index contributed by atoms with van der Waals surface area (Å²) in [7, 11) is 3.28. The molecule has 0 fully saturated rings. The van der Waals surface area contributed by atoms with E-state index in [9.17, 15) is 9.90 Å². The highest BCUT2D eigenvalue weighted by atomic mass is 16.5. The van der Waals surface area contributed by atoms with E-state index in [1.165, 1.54) is 0 Å². The molecule has 3 aromatic rings. The summed E-state index contributed by atoms with van der Waals surface area (Å²) in [5, 5.41) is 13.3. The molecule has 1 aliphatic rings. The van der Waals surface area contributed by atoms with Crippen molar-refractivity contribution in [2.45, 2.75) is 19.7 Å². The third-order valence-corrected chi connectivity index (χ3v) is 5.63. The Kier molecular flexibility index (Phi) is 5.78. The topological polar surface area (TPSA) is 61.8 Å². The summed E-state index contributed by atoms with van der Waals surface area (Å²) in [5.41, 5.74) is 6.55. The van der Waals surface area contributed by atoms with Gasteiger partial charge < -0.3 is 20.1 Å². The summed E-state index contributed by atoms with van der Waals surface area (Å²) in [4.78, 5) is 14.3. The van der Waals surface area contributed by atoms with E-state index in [0.717, 1.165) is 39.3 Å². The number of nitrogens with one attached hydrogen (secondary N) is 1. The lowest BCUT2D eigenvalue weighted by Gasteiger charge is -2.31. The number of aliphatic hydroxyl groups excluding tert-OH is 1. The highest BCUT2D eigenvalue weighted by Crippen LogP contribution is 2.34. The summed E-state index contributed by atoms with van der Waals surface area (Å²) in [5.74, 6) is 0.659. The van der Waals surface area contributed by atoms with Gasteiger partial charge in [-0.05, 0) is 59.5 Å². The van der Waals surface area contributed by atoms with Gasteiger partial charge in [-0.25, -0.2) is 0 Å². The summed E-state index contributed by atoms with van der Waals surface area (Å²) in [6, 6.07) is 19.6. The maximum absolute atomic E-state index is 12.4. The van der Waals surface area contributed by atoms with Crippen LogP contribution in [0.2, 0.25) is 0 Å². The number of amides is 1.